The van der Waals surface area contributed by atoms with Crippen LogP contribution in [0.5, 0.6) is 5.75 Å². The van der Waals surface area contributed by atoms with Gasteiger partial charge >= 0.3 is 5.69 Å². The molecule has 0 aliphatic heterocycles. The van der Waals surface area contributed by atoms with Gasteiger partial charge in [0.2, 0.25) is 5.69 Å². The van der Waals surface area contributed by atoms with Gasteiger partial charge in [0.05, 0.1) is 15.5 Å². The second kappa shape index (κ2) is 4.48. The average Bonchev–Trinajstić information content (AvgIpc) is 2.32. The molecule has 0 aliphatic carbocycles. The van der Waals surface area contributed by atoms with Gasteiger partial charge in [0.25, 0.3) is 5.56 Å². The highest BCUT2D eigenvalue weighted by Gasteiger charge is 2.26. The van der Waals surface area contributed by atoms with Gasteiger partial charge in [0, 0.05) is 0 Å². The number of rotatable bonds is 2. The summed E-state index contributed by atoms with van der Waals surface area (Å²) in [5.41, 5.74) is -2.71. The summed E-state index contributed by atoms with van der Waals surface area (Å²) in [5, 5.41) is 22.1. The molecule has 0 bridgehead atoms. The molecule has 0 fully saturated rings. The molecule has 0 saturated heterocycles. The van der Waals surface area contributed by atoms with Gasteiger partial charge in [-0.15, -0.1) is 4.91 Å². The Bertz CT molecular complexity index is 786. The number of aromatic amines is 1. The molecule has 1 aromatic heterocycles. The van der Waals surface area contributed by atoms with Crippen LogP contribution in [0.3, 0.4) is 0 Å². The summed E-state index contributed by atoms with van der Waals surface area (Å²) in [6.07, 6.45) is 0. The Hall–Kier alpha value is -2.19. The summed E-state index contributed by atoms with van der Waals surface area (Å²) in [6.45, 7) is 0. The van der Waals surface area contributed by atoms with Gasteiger partial charge < -0.3 is 10.1 Å². The fourth-order valence-corrected chi connectivity index (χ4v) is 2.03. The molecule has 0 spiro atoms. The van der Waals surface area contributed by atoms with Crippen LogP contribution in [0.15, 0.2) is 16.0 Å². The number of hydrogen-bond acceptors (Lipinski definition) is 6. The van der Waals surface area contributed by atoms with Crippen molar-refractivity contribution in [2.75, 3.05) is 0 Å². The van der Waals surface area contributed by atoms with Gasteiger partial charge in [-0.1, -0.05) is 23.2 Å². The Balaban J connectivity index is 3.15. The number of benzene rings is 1. The smallest absolute Gasteiger partial charge is 0.302 e. The number of nitro benzene ring substituents is 1. The molecule has 2 N–H and O–H groups in total. The molecule has 8 nitrogen and oxygen atoms in total. The summed E-state index contributed by atoms with van der Waals surface area (Å²) in [4.78, 5) is 34.1. The van der Waals surface area contributed by atoms with Gasteiger partial charge in [-0.3, -0.25) is 14.9 Å². The number of nitrogens with one attached hydrogen (secondary N) is 1. The van der Waals surface area contributed by atoms with E-state index in [9.17, 15) is 24.9 Å². The first kappa shape index (κ1) is 13.2. The largest absolute Gasteiger partial charge is 0.505 e. The minimum atomic E-state index is -0.993. The van der Waals surface area contributed by atoms with Crippen LogP contribution in [-0.2, 0) is 0 Å². The maximum atomic E-state index is 11.4. The minimum Gasteiger partial charge on any atom is -0.505 e. The maximum Gasteiger partial charge on any atom is 0.302 e. The number of aromatic hydroxyl groups is 1. The summed E-state index contributed by atoms with van der Waals surface area (Å²) >= 11 is 11.4. The SMILES string of the molecule is O=Nc1c(O)c2c([N+](=O)[O-])c(Cl)c(Cl)cc2[nH]c1=O. The lowest BCUT2D eigenvalue weighted by Crippen LogP contribution is -2.06. The molecule has 0 radical (unpaired) electrons. The van der Waals surface area contributed by atoms with E-state index in [2.05, 4.69) is 10.2 Å². The van der Waals surface area contributed by atoms with Crippen LogP contribution in [0.1, 0.15) is 0 Å². The molecule has 1 heterocycles. The second-order valence-electron chi connectivity index (χ2n) is 3.44. The lowest BCUT2D eigenvalue weighted by molar-refractivity contribution is -0.382. The fraction of sp³-hybridized carbons (Fsp3) is 0. The number of H-pyrrole nitrogens is 1. The van der Waals surface area contributed by atoms with Crippen molar-refractivity contribution in [3.63, 3.8) is 0 Å². The number of nitro groups is 1. The van der Waals surface area contributed by atoms with E-state index < -0.39 is 38.0 Å². The van der Waals surface area contributed by atoms with Crippen molar-refractivity contribution in [2.45, 2.75) is 0 Å². The van der Waals surface area contributed by atoms with E-state index in [0.717, 1.165) is 6.07 Å². The minimum absolute atomic E-state index is 0.129. The van der Waals surface area contributed by atoms with Crippen LogP contribution in [0.4, 0.5) is 11.4 Å². The Morgan fingerprint density at radius 2 is 2.05 bits per heavy atom. The first-order valence-electron chi connectivity index (χ1n) is 4.63. The number of fused-ring (bicyclic) bond motifs is 1. The molecule has 2 aromatic rings. The molecule has 19 heavy (non-hydrogen) atoms. The molecular weight excluding hydrogens is 301 g/mol. The van der Waals surface area contributed by atoms with E-state index in [1.807, 2.05) is 0 Å². The zero-order valence-electron chi connectivity index (χ0n) is 8.81. The monoisotopic (exact) mass is 303 g/mol. The highest BCUT2D eigenvalue weighted by molar-refractivity contribution is 6.44. The molecule has 0 atom stereocenters. The summed E-state index contributed by atoms with van der Waals surface area (Å²) in [6, 6.07) is 1.13. The topological polar surface area (TPSA) is 126 Å². The Morgan fingerprint density at radius 3 is 2.58 bits per heavy atom. The first-order valence-corrected chi connectivity index (χ1v) is 5.38. The number of nitroso groups, excluding NO2 is 1. The molecule has 98 valence electrons. The molecular formula is C9H3Cl2N3O5. The maximum absolute atomic E-state index is 11.4. The predicted molar refractivity (Wildman–Crippen MR) is 68.4 cm³/mol. The van der Waals surface area contributed by atoms with E-state index in [0.29, 0.717) is 0 Å². The quantitative estimate of drug-likeness (QED) is 0.501. The van der Waals surface area contributed by atoms with Crippen molar-refractivity contribution in [1.82, 2.24) is 4.98 Å². The normalized spacial score (nSPS) is 10.6. The molecule has 0 saturated carbocycles. The number of halogens is 2. The molecule has 1 aromatic carbocycles. The summed E-state index contributed by atoms with van der Waals surface area (Å²) in [5.74, 6) is -0.918. The molecule has 10 heteroatoms. The van der Waals surface area contributed by atoms with Crippen LogP contribution in [-0.4, -0.2) is 15.0 Å². The number of nitrogens with zero attached hydrogens (tertiary/aromatic N) is 2. The molecule has 0 unspecified atom stereocenters. The number of aromatic nitrogens is 1. The zero-order valence-corrected chi connectivity index (χ0v) is 10.3. The van der Waals surface area contributed by atoms with Crippen molar-refractivity contribution in [2.24, 2.45) is 5.18 Å². The fourth-order valence-electron chi connectivity index (χ4n) is 1.61. The number of pyridine rings is 1. The lowest BCUT2D eigenvalue weighted by Gasteiger charge is -2.06. The van der Waals surface area contributed by atoms with E-state index in [1.54, 1.807) is 0 Å². The van der Waals surface area contributed by atoms with Crippen LogP contribution in [0.25, 0.3) is 10.9 Å². The van der Waals surface area contributed by atoms with Crippen LogP contribution in [0.2, 0.25) is 10.0 Å². The molecule has 0 aliphatic rings. The third-order valence-corrected chi connectivity index (χ3v) is 3.17. The zero-order chi connectivity index (χ0) is 14.3. The Kier molecular flexibility index (Phi) is 3.13. The highest BCUT2D eigenvalue weighted by atomic mass is 35.5. The average molecular weight is 304 g/mol. The van der Waals surface area contributed by atoms with Crippen molar-refractivity contribution >= 4 is 45.5 Å². The first-order chi connectivity index (χ1) is 8.88. The molecule has 0 amide bonds. The van der Waals surface area contributed by atoms with Crippen LogP contribution >= 0.6 is 23.2 Å². The van der Waals surface area contributed by atoms with Crippen molar-refractivity contribution in [3.05, 3.63) is 41.5 Å². The standard InChI is InChI=1S/C9H3Cl2N3O5/c10-2-1-3-4(7(5(2)11)14(18)19)8(15)6(13-17)9(16)12-3/h1H,(H2,12,15,16). The van der Waals surface area contributed by atoms with Crippen molar-refractivity contribution < 1.29 is 10.0 Å². The van der Waals surface area contributed by atoms with Gasteiger partial charge in [0.1, 0.15) is 10.4 Å². The van der Waals surface area contributed by atoms with Gasteiger partial charge in [-0.25, -0.2) is 0 Å². The van der Waals surface area contributed by atoms with E-state index in [4.69, 9.17) is 23.2 Å². The summed E-state index contributed by atoms with van der Waals surface area (Å²) < 4.78 is 0. The second-order valence-corrected chi connectivity index (χ2v) is 4.23. The van der Waals surface area contributed by atoms with Crippen molar-refractivity contribution in [3.8, 4) is 5.75 Å². The van der Waals surface area contributed by atoms with E-state index in [-0.39, 0.29) is 10.5 Å². The molecule has 2 rings (SSSR count). The van der Waals surface area contributed by atoms with Crippen molar-refractivity contribution in [1.29, 1.82) is 0 Å². The Morgan fingerprint density at radius 1 is 1.42 bits per heavy atom. The van der Waals surface area contributed by atoms with Gasteiger partial charge in [-0.05, 0) is 11.2 Å². The highest BCUT2D eigenvalue weighted by Crippen LogP contribution is 2.43. The third kappa shape index (κ3) is 1.90. The predicted octanol–water partition coefficient (Wildman–Crippen LogP) is 2.85. The number of hydrogen-bond donors (Lipinski definition) is 2. The van der Waals surface area contributed by atoms with E-state index in [1.165, 1.54) is 0 Å². The van der Waals surface area contributed by atoms with Crippen LogP contribution < -0.4 is 5.56 Å². The lowest BCUT2D eigenvalue weighted by atomic mass is 10.1. The van der Waals surface area contributed by atoms with Gasteiger partial charge in [0.15, 0.2) is 5.75 Å². The van der Waals surface area contributed by atoms with Gasteiger partial charge in [-0.2, -0.15) is 0 Å². The summed E-state index contributed by atoms with van der Waals surface area (Å²) in [7, 11) is 0. The Labute approximate surface area is 113 Å². The third-order valence-electron chi connectivity index (χ3n) is 2.39. The van der Waals surface area contributed by atoms with Crippen LogP contribution in [0, 0.1) is 15.0 Å². The van der Waals surface area contributed by atoms with E-state index >= 15 is 0 Å².